The van der Waals surface area contributed by atoms with Crippen LogP contribution in [-0.4, -0.2) is 11.6 Å². The third kappa shape index (κ3) is 2.48. The lowest BCUT2D eigenvalue weighted by Gasteiger charge is -1.96. The predicted molar refractivity (Wildman–Crippen MR) is 54.8 cm³/mol. The summed E-state index contributed by atoms with van der Waals surface area (Å²) in [7, 11) is 0. The van der Waals surface area contributed by atoms with Gasteiger partial charge in [0, 0.05) is 0 Å². The van der Waals surface area contributed by atoms with E-state index in [1.54, 1.807) is 24.3 Å². The molecule has 0 N–H and O–H groups in total. The zero-order valence-electron chi connectivity index (χ0n) is 8.51. The van der Waals surface area contributed by atoms with Crippen LogP contribution in [0.2, 0.25) is 0 Å². The number of Topliss-reactive ketones (excluding diaryl/α,β-unsaturated/α-hetero) is 2. The van der Waals surface area contributed by atoms with E-state index in [4.69, 9.17) is 8.83 Å². The van der Waals surface area contributed by atoms with Gasteiger partial charge in [0.1, 0.15) is 11.5 Å². The molecule has 0 saturated heterocycles. The van der Waals surface area contributed by atoms with Gasteiger partial charge in [-0.1, -0.05) is 0 Å². The molecule has 0 aliphatic carbocycles. The average molecular weight is 218 g/mol. The molecule has 0 amide bonds. The van der Waals surface area contributed by atoms with Gasteiger partial charge in [-0.15, -0.1) is 0 Å². The molecule has 2 rings (SSSR count). The van der Waals surface area contributed by atoms with E-state index in [1.807, 2.05) is 0 Å². The van der Waals surface area contributed by atoms with Gasteiger partial charge in [0.05, 0.1) is 25.4 Å². The van der Waals surface area contributed by atoms with Gasteiger partial charge in [-0.3, -0.25) is 9.59 Å². The van der Waals surface area contributed by atoms with Gasteiger partial charge >= 0.3 is 0 Å². The predicted octanol–water partition coefficient (Wildman–Crippen LogP) is 1.80. The van der Waals surface area contributed by atoms with Crippen molar-refractivity contribution in [2.75, 3.05) is 0 Å². The smallest absolute Gasteiger partial charge is 0.206 e. The van der Waals surface area contributed by atoms with Crippen molar-refractivity contribution in [1.82, 2.24) is 0 Å². The van der Waals surface area contributed by atoms with Gasteiger partial charge in [0.15, 0.2) is 0 Å². The van der Waals surface area contributed by atoms with Crippen LogP contribution < -0.4 is 0 Å². The Morgan fingerprint density at radius 3 is 1.62 bits per heavy atom. The summed E-state index contributed by atoms with van der Waals surface area (Å²) in [4.78, 5) is 23.0. The summed E-state index contributed by atoms with van der Waals surface area (Å²) in [6, 6.07) is 6.69. The molecule has 2 aromatic rings. The van der Waals surface area contributed by atoms with Crippen LogP contribution >= 0.6 is 0 Å². The third-order valence-electron chi connectivity index (χ3n) is 2.14. The quantitative estimate of drug-likeness (QED) is 0.718. The van der Waals surface area contributed by atoms with Crippen LogP contribution in [0.15, 0.2) is 45.6 Å². The minimum atomic E-state index is -0.466. The Bertz CT molecular complexity index is 419. The topological polar surface area (TPSA) is 60.4 Å². The first-order valence-electron chi connectivity index (χ1n) is 4.86. The first-order chi connectivity index (χ1) is 7.75. The highest BCUT2D eigenvalue weighted by atomic mass is 16.3. The standard InChI is InChI=1S/C12H10O4/c13-11(7-9-3-1-5-15-9)12(14)8-10-4-2-6-16-10/h1-6H,7-8H2. The number of ketones is 2. The van der Waals surface area contributed by atoms with E-state index in [9.17, 15) is 9.59 Å². The van der Waals surface area contributed by atoms with Crippen LogP contribution in [0.5, 0.6) is 0 Å². The van der Waals surface area contributed by atoms with Gasteiger partial charge < -0.3 is 8.83 Å². The van der Waals surface area contributed by atoms with Crippen molar-refractivity contribution in [3.8, 4) is 0 Å². The second-order valence-corrected chi connectivity index (χ2v) is 3.36. The number of hydrogen-bond donors (Lipinski definition) is 0. The summed E-state index contributed by atoms with van der Waals surface area (Å²) < 4.78 is 9.99. The fraction of sp³-hybridized carbons (Fsp3) is 0.167. The van der Waals surface area contributed by atoms with Crippen LogP contribution in [0.25, 0.3) is 0 Å². The van der Waals surface area contributed by atoms with Crippen LogP contribution in [0.4, 0.5) is 0 Å². The van der Waals surface area contributed by atoms with Gasteiger partial charge in [0.2, 0.25) is 11.6 Å². The molecule has 0 spiro atoms. The summed E-state index contributed by atoms with van der Waals surface area (Å²) in [5, 5.41) is 0. The first kappa shape index (κ1) is 10.4. The molecule has 2 heterocycles. The van der Waals surface area contributed by atoms with E-state index in [2.05, 4.69) is 0 Å². The van der Waals surface area contributed by atoms with E-state index in [1.165, 1.54) is 12.5 Å². The molecule has 2 aromatic heterocycles. The van der Waals surface area contributed by atoms with Gasteiger partial charge in [-0.2, -0.15) is 0 Å². The van der Waals surface area contributed by atoms with Crippen molar-refractivity contribution in [3.63, 3.8) is 0 Å². The maximum atomic E-state index is 11.5. The lowest BCUT2D eigenvalue weighted by atomic mass is 10.1. The second kappa shape index (κ2) is 4.61. The van der Waals surface area contributed by atoms with Crippen LogP contribution in [0, 0.1) is 0 Å². The van der Waals surface area contributed by atoms with E-state index >= 15 is 0 Å². The average Bonchev–Trinajstić information content (AvgIpc) is 2.90. The Balaban J connectivity index is 1.92. The van der Waals surface area contributed by atoms with E-state index in [0.717, 1.165) is 0 Å². The molecule has 0 aliphatic rings. The summed E-state index contributed by atoms with van der Waals surface area (Å²) in [6.07, 6.45) is 2.96. The van der Waals surface area contributed by atoms with E-state index < -0.39 is 11.6 Å². The maximum Gasteiger partial charge on any atom is 0.206 e. The molecule has 82 valence electrons. The molecule has 0 aromatic carbocycles. The fourth-order valence-corrected chi connectivity index (χ4v) is 1.34. The monoisotopic (exact) mass is 218 g/mol. The minimum absolute atomic E-state index is 0.00649. The molecular formula is C12H10O4. The summed E-state index contributed by atoms with van der Waals surface area (Å²) in [5.41, 5.74) is 0. The summed E-state index contributed by atoms with van der Waals surface area (Å²) >= 11 is 0. The third-order valence-corrected chi connectivity index (χ3v) is 2.14. The van der Waals surface area contributed by atoms with Crippen LogP contribution in [0.3, 0.4) is 0 Å². The number of carbonyl (C=O) groups excluding carboxylic acids is 2. The molecule has 16 heavy (non-hydrogen) atoms. The maximum absolute atomic E-state index is 11.5. The van der Waals surface area contributed by atoms with E-state index in [0.29, 0.717) is 11.5 Å². The van der Waals surface area contributed by atoms with Gasteiger partial charge in [0.25, 0.3) is 0 Å². The fourth-order valence-electron chi connectivity index (χ4n) is 1.34. The minimum Gasteiger partial charge on any atom is -0.469 e. The number of hydrogen-bond acceptors (Lipinski definition) is 4. The first-order valence-corrected chi connectivity index (χ1v) is 4.86. The zero-order chi connectivity index (χ0) is 11.4. The largest absolute Gasteiger partial charge is 0.469 e. The molecule has 0 fully saturated rings. The number of carbonyl (C=O) groups is 2. The Kier molecular flexibility index (Phi) is 3.00. The second-order valence-electron chi connectivity index (χ2n) is 3.36. The summed E-state index contributed by atoms with van der Waals surface area (Å²) in [6.45, 7) is 0. The molecule has 0 radical (unpaired) electrons. The molecule has 0 aliphatic heterocycles. The molecular weight excluding hydrogens is 208 g/mol. The van der Waals surface area contributed by atoms with Crippen molar-refractivity contribution >= 4 is 11.6 Å². The zero-order valence-corrected chi connectivity index (χ0v) is 8.51. The molecule has 4 nitrogen and oxygen atoms in total. The van der Waals surface area contributed by atoms with Crippen molar-refractivity contribution < 1.29 is 18.4 Å². The van der Waals surface area contributed by atoms with E-state index in [-0.39, 0.29) is 12.8 Å². The summed E-state index contributed by atoms with van der Waals surface area (Å²) in [5.74, 6) is 0.0632. The molecule has 0 atom stereocenters. The molecule has 0 bridgehead atoms. The van der Waals surface area contributed by atoms with Gasteiger partial charge in [-0.25, -0.2) is 0 Å². The van der Waals surface area contributed by atoms with Crippen molar-refractivity contribution in [2.24, 2.45) is 0 Å². The Labute approximate surface area is 91.9 Å². The molecule has 4 heteroatoms. The van der Waals surface area contributed by atoms with Crippen molar-refractivity contribution in [2.45, 2.75) is 12.8 Å². The van der Waals surface area contributed by atoms with Gasteiger partial charge in [-0.05, 0) is 24.3 Å². The van der Waals surface area contributed by atoms with Crippen LogP contribution in [-0.2, 0) is 22.4 Å². The Hall–Kier alpha value is -2.10. The van der Waals surface area contributed by atoms with Crippen molar-refractivity contribution in [1.29, 1.82) is 0 Å². The Morgan fingerprint density at radius 1 is 0.875 bits per heavy atom. The molecule has 0 unspecified atom stereocenters. The normalized spacial score (nSPS) is 10.2. The molecule has 0 saturated carbocycles. The lowest BCUT2D eigenvalue weighted by molar-refractivity contribution is -0.136. The number of rotatable bonds is 5. The highest BCUT2D eigenvalue weighted by molar-refractivity contribution is 6.37. The van der Waals surface area contributed by atoms with Crippen molar-refractivity contribution in [3.05, 3.63) is 48.3 Å². The number of furan rings is 2. The Morgan fingerprint density at radius 2 is 1.31 bits per heavy atom. The lowest BCUT2D eigenvalue weighted by Crippen LogP contribution is -2.18. The highest BCUT2D eigenvalue weighted by Gasteiger charge is 2.17. The van der Waals surface area contributed by atoms with Crippen LogP contribution in [0.1, 0.15) is 11.5 Å². The SMILES string of the molecule is O=C(Cc1ccco1)C(=O)Cc1ccco1. The highest BCUT2D eigenvalue weighted by Crippen LogP contribution is 2.05.